The molecule has 102 valence electrons. The molecule has 1 N–H and O–H groups in total. The summed E-state index contributed by atoms with van der Waals surface area (Å²) in [5.41, 5.74) is 0.881. The Kier molecular flexibility index (Phi) is 3.50. The van der Waals surface area contributed by atoms with Crippen molar-refractivity contribution in [1.29, 1.82) is 0 Å². The van der Waals surface area contributed by atoms with Crippen molar-refractivity contribution in [3.8, 4) is 0 Å². The minimum atomic E-state index is -0.172. The van der Waals surface area contributed by atoms with E-state index in [2.05, 4.69) is 4.98 Å². The number of hydrogen-bond acceptors (Lipinski definition) is 3. The maximum absolute atomic E-state index is 12.6. The Morgan fingerprint density at radius 3 is 2.95 bits per heavy atom. The Bertz CT molecular complexity index is 894. The highest BCUT2D eigenvalue weighted by molar-refractivity contribution is 7.71. The SMILES string of the molecule is CC(c1cccc(Cl)c1)n1c(=S)[nH]c2sccc2c1=O. The third-order valence-corrected chi connectivity index (χ3v) is 4.64. The fraction of sp³-hybridized carbons (Fsp3) is 0.143. The topological polar surface area (TPSA) is 37.8 Å². The highest BCUT2D eigenvalue weighted by atomic mass is 35.5. The highest BCUT2D eigenvalue weighted by Gasteiger charge is 2.14. The van der Waals surface area contributed by atoms with Crippen molar-refractivity contribution in [2.75, 3.05) is 0 Å². The van der Waals surface area contributed by atoms with Crippen LogP contribution in [0.2, 0.25) is 5.02 Å². The van der Waals surface area contributed by atoms with Gasteiger partial charge in [0.25, 0.3) is 5.56 Å². The molecule has 0 fully saturated rings. The summed E-state index contributed by atoms with van der Waals surface area (Å²) in [7, 11) is 0. The molecule has 3 rings (SSSR count). The third kappa shape index (κ3) is 2.22. The molecular weight excluding hydrogens is 312 g/mol. The molecule has 0 aliphatic heterocycles. The van der Waals surface area contributed by atoms with Gasteiger partial charge in [-0.2, -0.15) is 0 Å². The summed E-state index contributed by atoms with van der Waals surface area (Å²) in [5, 5.41) is 3.19. The fourth-order valence-corrected chi connectivity index (χ4v) is 3.61. The van der Waals surface area contributed by atoms with Crippen LogP contribution in [0, 0.1) is 4.77 Å². The van der Waals surface area contributed by atoms with Crippen LogP contribution in [-0.2, 0) is 0 Å². The first-order valence-electron chi connectivity index (χ1n) is 6.05. The van der Waals surface area contributed by atoms with Crippen molar-refractivity contribution in [2.45, 2.75) is 13.0 Å². The van der Waals surface area contributed by atoms with Crippen LogP contribution >= 0.6 is 35.2 Å². The average Bonchev–Trinajstić information content (AvgIpc) is 2.87. The Morgan fingerprint density at radius 2 is 2.20 bits per heavy atom. The molecule has 1 atom stereocenters. The molecule has 1 aromatic carbocycles. The van der Waals surface area contributed by atoms with Crippen molar-refractivity contribution in [2.24, 2.45) is 0 Å². The molecule has 0 radical (unpaired) electrons. The zero-order valence-corrected chi connectivity index (χ0v) is 13.0. The summed E-state index contributed by atoms with van der Waals surface area (Å²) < 4.78 is 2.02. The second kappa shape index (κ2) is 5.16. The van der Waals surface area contributed by atoms with Gasteiger partial charge in [-0.05, 0) is 48.3 Å². The maximum Gasteiger partial charge on any atom is 0.263 e. The van der Waals surface area contributed by atoms with E-state index in [0.29, 0.717) is 15.2 Å². The molecule has 0 amide bonds. The van der Waals surface area contributed by atoms with Gasteiger partial charge in [0.2, 0.25) is 0 Å². The first kappa shape index (κ1) is 13.5. The van der Waals surface area contributed by atoms with E-state index < -0.39 is 0 Å². The number of rotatable bonds is 2. The van der Waals surface area contributed by atoms with E-state index in [1.165, 1.54) is 11.3 Å². The molecule has 3 aromatic rings. The van der Waals surface area contributed by atoms with Gasteiger partial charge in [-0.3, -0.25) is 9.36 Å². The summed E-state index contributed by atoms with van der Waals surface area (Å²) in [5.74, 6) is 0. The zero-order valence-electron chi connectivity index (χ0n) is 10.6. The van der Waals surface area contributed by atoms with Crippen molar-refractivity contribution >= 4 is 45.4 Å². The first-order valence-corrected chi connectivity index (χ1v) is 7.72. The third-order valence-electron chi connectivity index (χ3n) is 3.27. The number of nitrogens with zero attached hydrogens (tertiary/aromatic N) is 1. The highest BCUT2D eigenvalue weighted by Crippen LogP contribution is 2.22. The number of nitrogens with one attached hydrogen (secondary N) is 1. The summed E-state index contributed by atoms with van der Waals surface area (Å²) in [6.45, 7) is 1.94. The quantitative estimate of drug-likeness (QED) is 0.711. The lowest BCUT2D eigenvalue weighted by molar-refractivity contribution is 0.600. The molecule has 0 saturated heterocycles. The molecule has 0 saturated carbocycles. The van der Waals surface area contributed by atoms with Crippen molar-refractivity contribution in [1.82, 2.24) is 9.55 Å². The van der Waals surface area contributed by atoms with Gasteiger partial charge in [-0.1, -0.05) is 23.7 Å². The fourth-order valence-electron chi connectivity index (χ4n) is 2.22. The monoisotopic (exact) mass is 322 g/mol. The van der Waals surface area contributed by atoms with Crippen LogP contribution in [0.25, 0.3) is 10.2 Å². The lowest BCUT2D eigenvalue weighted by Gasteiger charge is -2.16. The summed E-state index contributed by atoms with van der Waals surface area (Å²) in [6.07, 6.45) is 0. The summed E-state index contributed by atoms with van der Waals surface area (Å²) >= 11 is 12.8. The van der Waals surface area contributed by atoms with Gasteiger partial charge in [0.1, 0.15) is 4.83 Å². The Hall–Kier alpha value is -1.43. The van der Waals surface area contributed by atoms with Gasteiger partial charge < -0.3 is 4.98 Å². The Balaban J connectivity index is 2.24. The van der Waals surface area contributed by atoms with Gasteiger partial charge in [-0.15, -0.1) is 11.3 Å². The molecule has 0 aliphatic rings. The lowest BCUT2D eigenvalue weighted by atomic mass is 10.1. The molecule has 3 nitrogen and oxygen atoms in total. The Morgan fingerprint density at radius 1 is 1.40 bits per heavy atom. The van der Waals surface area contributed by atoms with Gasteiger partial charge >= 0.3 is 0 Å². The minimum absolute atomic E-state index is 0.0718. The standard InChI is InChI=1S/C14H11ClN2OS2/c1-8(9-3-2-4-10(15)7-9)17-13(18)11-5-6-20-12(11)16-14(17)19/h2-8H,1H3,(H,16,19). The zero-order chi connectivity index (χ0) is 14.3. The van der Waals surface area contributed by atoms with Crippen molar-refractivity contribution in [3.05, 3.63) is 61.4 Å². The predicted molar refractivity (Wildman–Crippen MR) is 86.5 cm³/mol. The van der Waals surface area contributed by atoms with Gasteiger partial charge in [-0.25, -0.2) is 0 Å². The molecule has 0 aliphatic carbocycles. The normalized spacial score (nSPS) is 12.7. The number of fused-ring (bicyclic) bond motifs is 1. The van der Waals surface area contributed by atoms with Crippen LogP contribution in [0.3, 0.4) is 0 Å². The van der Waals surface area contributed by atoms with Crippen LogP contribution in [0.5, 0.6) is 0 Å². The van der Waals surface area contributed by atoms with Gasteiger partial charge in [0.15, 0.2) is 4.77 Å². The molecule has 2 aromatic heterocycles. The van der Waals surface area contributed by atoms with Crippen molar-refractivity contribution < 1.29 is 0 Å². The number of hydrogen-bond donors (Lipinski definition) is 1. The van der Waals surface area contributed by atoms with E-state index in [1.807, 2.05) is 42.6 Å². The molecule has 1 unspecified atom stereocenters. The predicted octanol–water partition coefficient (Wildman–Crippen LogP) is 4.38. The number of benzene rings is 1. The first-order chi connectivity index (χ1) is 9.58. The lowest BCUT2D eigenvalue weighted by Crippen LogP contribution is -2.25. The Labute approximate surface area is 129 Å². The van der Waals surface area contributed by atoms with E-state index in [4.69, 9.17) is 23.8 Å². The van der Waals surface area contributed by atoms with Crippen LogP contribution in [0.15, 0.2) is 40.5 Å². The number of halogens is 1. The molecule has 6 heteroatoms. The minimum Gasteiger partial charge on any atom is -0.323 e. The van der Waals surface area contributed by atoms with E-state index in [1.54, 1.807) is 4.57 Å². The van der Waals surface area contributed by atoms with E-state index in [-0.39, 0.29) is 11.6 Å². The molecular formula is C14H11ClN2OS2. The van der Waals surface area contributed by atoms with E-state index in [9.17, 15) is 4.79 Å². The second-order valence-corrected chi connectivity index (χ2v) is 6.24. The van der Waals surface area contributed by atoms with Gasteiger partial charge in [0, 0.05) is 5.02 Å². The smallest absolute Gasteiger partial charge is 0.263 e. The maximum atomic E-state index is 12.6. The van der Waals surface area contributed by atoms with Crippen molar-refractivity contribution in [3.63, 3.8) is 0 Å². The number of aromatic nitrogens is 2. The molecule has 0 spiro atoms. The summed E-state index contributed by atoms with van der Waals surface area (Å²) in [6, 6.07) is 9.11. The van der Waals surface area contributed by atoms with Crippen LogP contribution < -0.4 is 5.56 Å². The molecule has 20 heavy (non-hydrogen) atoms. The summed E-state index contributed by atoms with van der Waals surface area (Å²) in [4.78, 5) is 16.5. The van der Waals surface area contributed by atoms with Crippen LogP contribution in [-0.4, -0.2) is 9.55 Å². The molecule has 2 heterocycles. The number of aromatic amines is 1. The number of H-pyrrole nitrogens is 1. The van der Waals surface area contributed by atoms with Crippen LogP contribution in [0.4, 0.5) is 0 Å². The van der Waals surface area contributed by atoms with E-state index >= 15 is 0 Å². The van der Waals surface area contributed by atoms with Gasteiger partial charge in [0.05, 0.1) is 11.4 Å². The number of thiophene rings is 1. The largest absolute Gasteiger partial charge is 0.323 e. The second-order valence-electron chi connectivity index (χ2n) is 4.50. The van der Waals surface area contributed by atoms with E-state index in [0.717, 1.165) is 10.4 Å². The van der Waals surface area contributed by atoms with Crippen LogP contribution in [0.1, 0.15) is 18.5 Å². The molecule has 0 bridgehead atoms. The average molecular weight is 323 g/mol.